The van der Waals surface area contributed by atoms with Gasteiger partial charge in [0.2, 0.25) is 0 Å². The van der Waals surface area contributed by atoms with Gasteiger partial charge < -0.3 is 16.2 Å². The summed E-state index contributed by atoms with van der Waals surface area (Å²) in [7, 11) is 0. The number of nitrogens with two attached hydrogens (primary N) is 2. The number of cyclic esters (lactones) is 2. The van der Waals surface area contributed by atoms with Gasteiger partial charge in [-0.1, -0.05) is 12.8 Å². The van der Waals surface area contributed by atoms with Crippen molar-refractivity contribution in [2.45, 2.75) is 31.7 Å². The van der Waals surface area contributed by atoms with Crippen LogP contribution in [0.5, 0.6) is 0 Å². The second-order valence-corrected chi connectivity index (χ2v) is 3.55. The Morgan fingerprint density at radius 1 is 1.27 bits per heavy atom. The molecule has 0 aromatic rings. The van der Waals surface area contributed by atoms with E-state index in [-0.39, 0.29) is 5.57 Å². The summed E-state index contributed by atoms with van der Waals surface area (Å²) in [6.07, 6.45) is 4.69. The molecule has 0 bridgehead atoms. The van der Waals surface area contributed by atoms with Crippen LogP contribution in [-0.2, 0) is 14.3 Å². The van der Waals surface area contributed by atoms with Crippen molar-refractivity contribution in [3.63, 3.8) is 0 Å². The Balaban J connectivity index is 2.34. The van der Waals surface area contributed by atoms with E-state index in [1.54, 1.807) is 0 Å². The highest BCUT2D eigenvalue weighted by atomic mass is 16.6. The zero-order valence-electron chi connectivity index (χ0n) is 8.57. The number of carbonyl (C=O) groups excluding carboxylic acids is 2. The first-order valence-corrected chi connectivity index (χ1v) is 5.08. The first kappa shape index (κ1) is 11.9. The largest absolute Gasteiger partial charge is 0.386 e. The maximum atomic E-state index is 11.1. The Labute approximate surface area is 88.4 Å². The van der Waals surface area contributed by atoms with Crippen molar-refractivity contribution in [1.82, 2.24) is 0 Å². The molecule has 0 amide bonds. The van der Waals surface area contributed by atoms with Gasteiger partial charge in [-0.25, -0.2) is 9.59 Å². The lowest BCUT2D eigenvalue weighted by molar-refractivity contribution is -0.150. The summed E-state index contributed by atoms with van der Waals surface area (Å²) in [6, 6.07) is -0.401. The fraction of sp³-hybridized carbons (Fsp3) is 0.600. The van der Waals surface area contributed by atoms with Crippen molar-refractivity contribution in [3.8, 4) is 0 Å². The molecule has 0 radical (unpaired) electrons. The quantitative estimate of drug-likeness (QED) is 0.362. The number of rotatable bonds is 6. The smallest absolute Gasteiger partial charge is 0.343 e. The van der Waals surface area contributed by atoms with Crippen LogP contribution in [0, 0.1) is 0 Å². The summed E-state index contributed by atoms with van der Waals surface area (Å²) in [5.74, 6) is -1.22. The topological polar surface area (TPSA) is 95.4 Å². The van der Waals surface area contributed by atoms with Crippen LogP contribution in [0.3, 0.4) is 0 Å². The van der Waals surface area contributed by atoms with Crippen LogP contribution in [-0.4, -0.2) is 24.5 Å². The SMILES string of the molecule is NCCCCCC(N)C1=CC(=O)OC1=O. The van der Waals surface area contributed by atoms with Crippen LogP contribution in [0.2, 0.25) is 0 Å². The number of unbranched alkanes of at least 4 members (excludes halogenated alkanes) is 2. The average molecular weight is 212 g/mol. The van der Waals surface area contributed by atoms with Gasteiger partial charge in [0.1, 0.15) is 0 Å². The van der Waals surface area contributed by atoms with Gasteiger partial charge in [-0.3, -0.25) is 0 Å². The van der Waals surface area contributed by atoms with Gasteiger partial charge in [-0.15, -0.1) is 0 Å². The molecular formula is C10H16N2O3. The van der Waals surface area contributed by atoms with Crippen molar-refractivity contribution in [2.75, 3.05) is 6.54 Å². The molecule has 0 saturated heterocycles. The van der Waals surface area contributed by atoms with Gasteiger partial charge in [0.25, 0.3) is 0 Å². The number of hydrogen-bond acceptors (Lipinski definition) is 5. The number of esters is 2. The van der Waals surface area contributed by atoms with Crippen LogP contribution in [0.4, 0.5) is 0 Å². The molecule has 1 aliphatic heterocycles. The minimum atomic E-state index is -0.618. The Morgan fingerprint density at radius 2 is 2.00 bits per heavy atom. The van der Waals surface area contributed by atoms with Crippen molar-refractivity contribution in [2.24, 2.45) is 11.5 Å². The molecule has 4 N–H and O–H groups in total. The summed E-state index contributed by atoms with van der Waals surface area (Å²) in [4.78, 5) is 21.9. The van der Waals surface area contributed by atoms with E-state index in [2.05, 4.69) is 4.74 Å². The maximum Gasteiger partial charge on any atom is 0.343 e. The van der Waals surface area contributed by atoms with Crippen LogP contribution in [0.1, 0.15) is 25.7 Å². The van der Waals surface area contributed by atoms with E-state index < -0.39 is 18.0 Å². The van der Waals surface area contributed by atoms with Crippen LogP contribution in [0.25, 0.3) is 0 Å². The third-order valence-corrected chi connectivity index (χ3v) is 2.32. The third kappa shape index (κ3) is 3.45. The van der Waals surface area contributed by atoms with E-state index >= 15 is 0 Å². The van der Waals surface area contributed by atoms with E-state index in [1.165, 1.54) is 6.08 Å². The normalized spacial score (nSPS) is 17.6. The molecule has 1 aliphatic rings. The summed E-state index contributed by atoms with van der Waals surface area (Å²) in [5, 5.41) is 0. The maximum absolute atomic E-state index is 11.1. The fourth-order valence-electron chi connectivity index (χ4n) is 1.46. The lowest BCUT2D eigenvalue weighted by atomic mass is 10.0. The van der Waals surface area contributed by atoms with Gasteiger partial charge in [-0.05, 0) is 19.4 Å². The van der Waals surface area contributed by atoms with Gasteiger partial charge >= 0.3 is 11.9 Å². The minimum absolute atomic E-state index is 0.285. The monoisotopic (exact) mass is 212 g/mol. The highest BCUT2D eigenvalue weighted by Crippen LogP contribution is 2.15. The van der Waals surface area contributed by atoms with Crippen molar-refractivity contribution in [3.05, 3.63) is 11.6 Å². The summed E-state index contributed by atoms with van der Waals surface area (Å²) in [5.41, 5.74) is 11.4. The first-order valence-electron chi connectivity index (χ1n) is 5.08. The molecule has 1 unspecified atom stereocenters. The van der Waals surface area contributed by atoms with E-state index in [1.807, 2.05) is 0 Å². The second kappa shape index (κ2) is 5.63. The first-order chi connectivity index (χ1) is 7.15. The molecule has 0 spiro atoms. The summed E-state index contributed by atoms with van der Waals surface area (Å²) in [6.45, 7) is 0.665. The Bertz CT molecular complexity index is 286. The highest BCUT2D eigenvalue weighted by Gasteiger charge is 2.27. The van der Waals surface area contributed by atoms with Gasteiger partial charge in [0.05, 0.1) is 5.57 Å². The second-order valence-electron chi connectivity index (χ2n) is 3.55. The molecule has 0 aromatic heterocycles. The molecule has 15 heavy (non-hydrogen) atoms. The minimum Gasteiger partial charge on any atom is -0.386 e. The van der Waals surface area contributed by atoms with Gasteiger partial charge in [0, 0.05) is 12.1 Å². The Kier molecular flexibility index (Phi) is 4.45. The summed E-state index contributed by atoms with van der Waals surface area (Å²) >= 11 is 0. The fourth-order valence-corrected chi connectivity index (χ4v) is 1.46. The number of hydrogen-bond donors (Lipinski definition) is 2. The molecule has 1 heterocycles. The van der Waals surface area contributed by atoms with Crippen LogP contribution < -0.4 is 11.5 Å². The predicted molar refractivity (Wildman–Crippen MR) is 54.7 cm³/mol. The molecule has 5 heteroatoms. The van der Waals surface area contributed by atoms with E-state index in [4.69, 9.17) is 11.5 Å². The molecule has 1 rings (SSSR count). The highest BCUT2D eigenvalue weighted by molar-refractivity contribution is 6.09. The average Bonchev–Trinajstić information content (AvgIpc) is 2.52. The van der Waals surface area contributed by atoms with Gasteiger partial charge in [-0.2, -0.15) is 0 Å². The van der Waals surface area contributed by atoms with E-state index in [9.17, 15) is 9.59 Å². The molecule has 0 aromatic carbocycles. The standard InChI is InChI=1S/C10H16N2O3/c11-5-3-1-2-4-8(12)7-6-9(13)15-10(7)14/h6,8H,1-5,11-12H2. The van der Waals surface area contributed by atoms with Crippen molar-refractivity contribution < 1.29 is 14.3 Å². The lowest BCUT2D eigenvalue weighted by Gasteiger charge is -2.09. The molecule has 84 valence electrons. The lowest BCUT2D eigenvalue weighted by Crippen LogP contribution is -2.26. The summed E-state index contributed by atoms with van der Waals surface area (Å²) < 4.78 is 4.35. The Hall–Kier alpha value is -1.20. The number of ether oxygens (including phenoxy) is 1. The van der Waals surface area contributed by atoms with Gasteiger partial charge in [0.15, 0.2) is 0 Å². The molecule has 5 nitrogen and oxygen atoms in total. The molecule has 0 fully saturated rings. The predicted octanol–water partition coefficient (Wildman–Crippen LogP) is -0.157. The zero-order chi connectivity index (χ0) is 11.3. The molecule has 0 aliphatic carbocycles. The third-order valence-electron chi connectivity index (χ3n) is 2.32. The van der Waals surface area contributed by atoms with Crippen LogP contribution >= 0.6 is 0 Å². The molecule has 1 atom stereocenters. The molecular weight excluding hydrogens is 196 g/mol. The van der Waals surface area contributed by atoms with Crippen LogP contribution in [0.15, 0.2) is 11.6 Å². The van der Waals surface area contributed by atoms with Crippen molar-refractivity contribution in [1.29, 1.82) is 0 Å². The van der Waals surface area contributed by atoms with E-state index in [0.29, 0.717) is 13.0 Å². The Morgan fingerprint density at radius 3 is 2.53 bits per heavy atom. The van der Waals surface area contributed by atoms with Crippen molar-refractivity contribution >= 4 is 11.9 Å². The zero-order valence-corrected chi connectivity index (χ0v) is 8.57. The van der Waals surface area contributed by atoms with E-state index in [0.717, 1.165) is 19.3 Å². The molecule has 0 saturated carbocycles. The number of carbonyl (C=O) groups is 2.